The number of halogens is 1. The fraction of sp³-hybridized carbons (Fsp3) is 0.421. The van der Waals surface area contributed by atoms with Crippen molar-refractivity contribution < 1.29 is 9.13 Å². The minimum atomic E-state index is -0.471. The Balaban J connectivity index is 2.11. The molecule has 1 aromatic heterocycles. The first kappa shape index (κ1) is 17.4. The molecule has 2 N–H and O–H groups in total. The minimum Gasteiger partial charge on any atom is -0.489 e. The van der Waals surface area contributed by atoms with E-state index in [1.807, 2.05) is 32.0 Å². The zero-order valence-electron chi connectivity index (χ0n) is 14.3. The summed E-state index contributed by atoms with van der Waals surface area (Å²) in [6.07, 6.45) is 2.54. The summed E-state index contributed by atoms with van der Waals surface area (Å²) >= 11 is 0. The van der Waals surface area contributed by atoms with Crippen molar-refractivity contribution in [3.63, 3.8) is 0 Å². The molecule has 1 heterocycles. The Morgan fingerprint density at radius 1 is 1.22 bits per heavy atom. The number of aromatic nitrogens is 1. The Morgan fingerprint density at radius 2 is 1.91 bits per heavy atom. The molecule has 4 heteroatoms. The van der Waals surface area contributed by atoms with E-state index < -0.39 is 5.54 Å². The van der Waals surface area contributed by atoms with Crippen LogP contribution in [0, 0.1) is 18.7 Å². The molecule has 1 unspecified atom stereocenters. The fourth-order valence-electron chi connectivity index (χ4n) is 2.76. The Kier molecular flexibility index (Phi) is 5.37. The number of ether oxygens (including phenoxy) is 1. The Morgan fingerprint density at radius 3 is 2.52 bits per heavy atom. The van der Waals surface area contributed by atoms with Gasteiger partial charge in [0.2, 0.25) is 0 Å². The van der Waals surface area contributed by atoms with Crippen molar-refractivity contribution in [3.05, 3.63) is 48.0 Å². The van der Waals surface area contributed by atoms with Gasteiger partial charge in [-0.15, -0.1) is 0 Å². The third-order valence-corrected chi connectivity index (χ3v) is 3.59. The lowest BCUT2D eigenvalue weighted by Crippen LogP contribution is -2.43. The van der Waals surface area contributed by atoms with Gasteiger partial charge in [-0.25, -0.2) is 4.39 Å². The lowest BCUT2D eigenvalue weighted by Gasteiger charge is -2.26. The fourth-order valence-corrected chi connectivity index (χ4v) is 2.76. The summed E-state index contributed by atoms with van der Waals surface area (Å²) in [6, 6.07) is 8.78. The average Bonchev–Trinajstić information content (AvgIpc) is 2.44. The highest BCUT2D eigenvalue weighted by Crippen LogP contribution is 2.26. The van der Waals surface area contributed by atoms with Crippen molar-refractivity contribution in [2.24, 2.45) is 11.7 Å². The van der Waals surface area contributed by atoms with Crippen molar-refractivity contribution in [1.29, 1.82) is 0 Å². The standard InChI is InChI=1S/C19H25FN2O/c1-13(2)11-19(4,21)12-23-18-6-5-15(10-17(18)20)16-7-8-22-14(3)9-16/h5-10,13H,11-12,21H2,1-4H3. The summed E-state index contributed by atoms with van der Waals surface area (Å²) in [4.78, 5) is 4.15. The van der Waals surface area contributed by atoms with Crippen LogP contribution in [0.25, 0.3) is 11.1 Å². The van der Waals surface area contributed by atoms with Crippen LogP contribution in [0.2, 0.25) is 0 Å². The topological polar surface area (TPSA) is 48.1 Å². The number of benzene rings is 1. The van der Waals surface area contributed by atoms with Crippen molar-refractivity contribution in [2.75, 3.05) is 6.61 Å². The molecule has 2 rings (SSSR count). The number of pyridine rings is 1. The molecule has 0 bridgehead atoms. The SMILES string of the molecule is Cc1cc(-c2ccc(OCC(C)(N)CC(C)C)c(F)c2)ccn1. The van der Waals surface area contributed by atoms with E-state index in [1.165, 1.54) is 6.07 Å². The van der Waals surface area contributed by atoms with Crippen LogP contribution in [-0.2, 0) is 0 Å². The predicted octanol–water partition coefficient (Wildman–Crippen LogP) is 4.34. The number of hydrogen-bond donors (Lipinski definition) is 1. The number of rotatable bonds is 6. The summed E-state index contributed by atoms with van der Waals surface area (Å²) in [6.45, 7) is 8.34. The highest BCUT2D eigenvalue weighted by molar-refractivity contribution is 5.64. The molecule has 0 amide bonds. The van der Waals surface area contributed by atoms with Gasteiger partial charge in [0.05, 0.1) is 0 Å². The smallest absolute Gasteiger partial charge is 0.165 e. The third kappa shape index (κ3) is 5.03. The molecule has 3 nitrogen and oxygen atoms in total. The molecule has 0 aliphatic rings. The highest BCUT2D eigenvalue weighted by Gasteiger charge is 2.21. The van der Waals surface area contributed by atoms with Crippen molar-refractivity contribution >= 4 is 0 Å². The van der Waals surface area contributed by atoms with Crippen LogP contribution < -0.4 is 10.5 Å². The Bertz CT molecular complexity index is 668. The molecule has 0 fully saturated rings. The largest absolute Gasteiger partial charge is 0.489 e. The van der Waals surface area contributed by atoms with Crippen LogP contribution in [0.1, 0.15) is 32.9 Å². The second-order valence-corrected chi connectivity index (χ2v) is 6.87. The van der Waals surface area contributed by atoms with Crippen LogP contribution in [-0.4, -0.2) is 17.1 Å². The van der Waals surface area contributed by atoms with Gasteiger partial charge in [-0.05, 0) is 61.6 Å². The summed E-state index contributed by atoms with van der Waals surface area (Å²) in [5.41, 5.74) is 8.37. The normalized spacial score (nSPS) is 13.9. The summed E-state index contributed by atoms with van der Waals surface area (Å²) in [5.74, 6) is 0.327. The van der Waals surface area contributed by atoms with Gasteiger partial charge in [-0.1, -0.05) is 19.9 Å². The van der Waals surface area contributed by atoms with E-state index in [1.54, 1.807) is 12.3 Å². The van der Waals surface area contributed by atoms with Gasteiger partial charge in [-0.2, -0.15) is 0 Å². The highest BCUT2D eigenvalue weighted by atomic mass is 19.1. The Labute approximate surface area is 137 Å². The van der Waals surface area contributed by atoms with Crippen LogP contribution in [0.15, 0.2) is 36.5 Å². The second-order valence-electron chi connectivity index (χ2n) is 6.87. The molecule has 23 heavy (non-hydrogen) atoms. The van der Waals surface area contributed by atoms with Crippen molar-refractivity contribution in [2.45, 2.75) is 39.7 Å². The Hall–Kier alpha value is -1.94. The van der Waals surface area contributed by atoms with E-state index in [9.17, 15) is 4.39 Å². The van der Waals surface area contributed by atoms with E-state index >= 15 is 0 Å². The number of nitrogens with two attached hydrogens (primary N) is 1. The summed E-state index contributed by atoms with van der Waals surface area (Å²) in [7, 11) is 0. The van der Waals surface area contributed by atoms with Gasteiger partial charge in [0.15, 0.2) is 11.6 Å². The lowest BCUT2D eigenvalue weighted by molar-refractivity contribution is 0.200. The number of hydrogen-bond acceptors (Lipinski definition) is 3. The molecule has 0 spiro atoms. The van der Waals surface area contributed by atoms with E-state index in [0.29, 0.717) is 5.92 Å². The monoisotopic (exact) mass is 316 g/mol. The van der Waals surface area contributed by atoms with Crippen LogP contribution in [0.4, 0.5) is 4.39 Å². The maximum Gasteiger partial charge on any atom is 0.165 e. The van der Waals surface area contributed by atoms with Gasteiger partial charge in [0.25, 0.3) is 0 Å². The molecule has 2 aromatic rings. The van der Waals surface area contributed by atoms with Crippen LogP contribution >= 0.6 is 0 Å². The van der Waals surface area contributed by atoms with Crippen molar-refractivity contribution in [3.8, 4) is 16.9 Å². The number of nitrogens with zero attached hydrogens (tertiary/aromatic N) is 1. The lowest BCUT2D eigenvalue weighted by atomic mass is 9.93. The molecule has 124 valence electrons. The van der Waals surface area contributed by atoms with Crippen LogP contribution in [0.3, 0.4) is 0 Å². The maximum absolute atomic E-state index is 14.3. The molecular weight excluding hydrogens is 291 g/mol. The van der Waals surface area contributed by atoms with Gasteiger partial charge in [0.1, 0.15) is 6.61 Å². The predicted molar refractivity (Wildman–Crippen MR) is 91.9 cm³/mol. The quantitative estimate of drug-likeness (QED) is 0.862. The van der Waals surface area contributed by atoms with E-state index in [4.69, 9.17) is 10.5 Å². The molecule has 0 saturated heterocycles. The maximum atomic E-state index is 14.3. The van der Waals surface area contributed by atoms with E-state index in [-0.39, 0.29) is 18.2 Å². The first-order valence-corrected chi connectivity index (χ1v) is 7.91. The van der Waals surface area contributed by atoms with Gasteiger partial charge < -0.3 is 10.5 Å². The molecule has 0 saturated carbocycles. The molecule has 0 aliphatic carbocycles. The molecule has 0 radical (unpaired) electrons. The van der Waals surface area contributed by atoms with E-state index in [0.717, 1.165) is 23.2 Å². The first-order valence-electron chi connectivity index (χ1n) is 7.91. The average molecular weight is 316 g/mol. The minimum absolute atomic E-state index is 0.236. The van der Waals surface area contributed by atoms with Gasteiger partial charge >= 0.3 is 0 Å². The zero-order chi connectivity index (χ0) is 17.0. The molecular formula is C19H25FN2O. The molecule has 0 aliphatic heterocycles. The molecule has 1 aromatic carbocycles. The van der Waals surface area contributed by atoms with E-state index in [2.05, 4.69) is 18.8 Å². The second kappa shape index (κ2) is 7.09. The molecule has 1 atom stereocenters. The van der Waals surface area contributed by atoms with Crippen LogP contribution in [0.5, 0.6) is 5.75 Å². The van der Waals surface area contributed by atoms with Gasteiger partial charge in [-0.3, -0.25) is 4.98 Å². The summed E-state index contributed by atoms with van der Waals surface area (Å²) < 4.78 is 19.9. The zero-order valence-corrected chi connectivity index (χ0v) is 14.3. The third-order valence-electron chi connectivity index (χ3n) is 3.59. The summed E-state index contributed by atoms with van der Waals surface area (Å²) in [5, 5.41) is 0. The van der Waals surface area contributed by atoms with Crippen molar-refractivity contribution in [1.82, 2.24) is 4.98 Å². The van der Waals surface area contributed by atoms with Gasteiger partial charge in [0, 0.05) is 17.4 Å². The first-order chi connectivity index (χ1) is 10.8. The number of aryl methyl sites for hydroxylation is 1.